The summed E-state index contributed by atoms with van der Waals surface area (Å²) >= 11 is 5.58. The summed E-state index contributed by atoms with van der Waals surface area (Å²) in [6, 6.07) is 0. The van der Waals surface area contributed by atoms with Gasteiger partial charge in [0, 0.05) is 18.3 Å². The number of aryl methyl sites for hydroxylation is 1. The lowest BCUT2D eigenvalue weighted by atomic mass is 10.1. The van der Waals surface area contributed by atoms with Gasteiger partial charge in [-0.3, -0.25) is 0 Å². The fourth-order valence-corrected chi connectivity index (χ4v) is 1.43. The molecule has 0 aliphatic carbocycles. The summed E-state index contributed by atoms with van der Waals surface area (Å²) in [4.78, 5) is 7.94. The molecule has 0 amide bonds. The summed E-state index contributed by atoms with van der Waals surface area (Å²) in [5.41, 5.74) is 1.23. The average molecular weight is 199 g/mol. The molecule has 0 fully saturated rings. The predicted octanol–water partition coefficient (Wildman–Crippen LogP) is 2.82. The Hall–Kier alpha value is -0.630. The Morgan fingerprint density at radius 3 is 2.38 bits per heavy atom. The van der Waals surface area contributed by atoms with Gasteiger partial charge in [0.2, 0.25) is 0 Å². The lowest BCUT2D eigenvalue weighted by molar-refractivity contribution is 0.667. The van der Waals surface area contributed by atoms with Gasteiger partial charge in [-0.1, -0.05) is 12.8 Å². The van der Waals surface area contributed by atoms with Crippen molar-refractivity contribution in [2.75, 3.05) is 5.88 Å². The van der Waals surface area contributed by atoms with Crippen LogP contribution in [-0.2, 0) is 6.42 Å². The van der Waals surface area contributed by atoms with Crippen LogP contribution in [0.4, 0.5) is 0 Å². The number of nitrogens with zero attached hydrogens (tertiary/aromatic N) is 2. The highest BCUT2D eigenvalue weighted by Gasteiger charge is 1.93. The van der Waals surface area contributed by atoms with E-state index in [1.54, 1.807) is 6.33 Å². The van der Waals surface area contributed by atoms with Crippen LogP contribution in [0.1, 0.15) is 31.2 Å². The molecular weight excluding hydrogens is 184 g/mol. The fraction of sp³-hybridized carbons (Fsp3) is 0.600. The van der Waals surface area contributed by atoms with Crippen molar-refractivity contribution in [3.05, 3.63) is 24.3 Å². The Balaban J connectivity index is 2.07. The molecule has 2 nitrogen and oxygen atoms in total. The molecule has 1 aromatic rings. The topological polar surface area (TPSA) is 25.8 Å². The monoisotopic (exact) mass is 198 g/mol. The minimum atomic E-state index is 0.786. The molecule has 0 saturated carbocycles. The summed E-state index contributed by atoms with van der Waals surface area (Å²) in [6.45, 7) is 0. The van der Waals surface area contributed by atoms with E-state index in [-0.39, 0.29) is 0 Å². The molecule has 0 radical (unpaired) electrons. The van der Waals surface area contributed by atoms with Crippen molar-refractivity contribution in [1.29, 1.82) is 0 Å². The molecule has 0 spiro atoms. The summed E-state index contributed by atoms with van der Waals surface area (Å²) in [5.74, 6) is 0.786. The van der Waals surface area contributed by atoms with Gasteiger partial charge in [0.15, 0.2) is 0 Å². The molecule has 0 saturated heterocycles. The maximum Gasteiger partial charge on any atom is 0.115 e. The number of hydrogen-bond acceptors (Lipinski definition) is 2. The van der Waals surface area contributed by atoms with E-state index in [0.717, 1.165) is 18.7 Å². The summed E-state index contributed by atoms with van der Waals surface area (Å²) in [7, 11) is 0. The number of halogens is 1. The number of rotatable bonds is 6. The lowest BCUT2D eigenvalue weighted by Gasteiger charge is -1.99. The summed E-state index contributed by atoms with van der Waals surface area (Å²) in [6.07, 6.45) is 11.2. The van der Waals surface area contributed by atoms with Gasteiger partial charge in [-0.2, -0.15) is 0 Å². The van der Waals surface area contributed by atoms with Crippen molar-refractivity contribution in [3.8, 4) is 0 Å². The van der Waals surface area contributed by atoms with Crippen molar-refractivity contribution >= 4 is 11.6 Å². The number of hydrogen-bond donors (Lipinski definition) is 0. The first-order chi connectivity index (χ1) is 6.43. The second-order valence-corrected chi connectivity index (χ2v) is 3.48. The van der Waals surface area contributed by atoms with E-state index in [1.807, 2.05) is 12.4 Å². The van der Waals surface area contributed by atoms with Crippen LogP contribution in [0.3, 0.4) is 0 Å². The molecule has 1 heterocycles. The molecule has 0 atom stereocenters. The highest BCUT2D eigenvalue weighted by Crippen LogP contribution is 2.06. The first-order valence-corrected chi connectivity index (χ1v) is 5.27. The molecule has 72 valence electrons. The highest BCUT2D eigenvalue weighted by molar-refractivity contribution is 6.17. The normalized spacial score (nSPS) is 10.2. The van der Waals surface area contributed by atoms with Gasteiger partial charge in [-0.15, -0.1) is 11.6 Å². The van der Waals surface area contributed by atoms with Crippen molar-refractivity contribution in [2.45, 2.75) is 32.1 Å². The van der Waals surface area contributed by atoms with Gasteiger partial charge in [-0.25, -0.2) is 9.97 Å². The smallest absolute Gasteiger partial charge is 0.115 e. The van der Waals surface area contributed by atoms with Crippen LogP contribution < -0.4 is 0 Å². The van der Waals surface area contributed by atoms with Gasteiger partial charge in [0.1, 0.15) is 6.33 Å². The number of aromatic nitrogens is 2. The highest BCUT2D eigenvalue weighted by atomic mass is 35.5. The third-order valence-electron chi connectivity index (χ3n) is 1.96. The van der Waals surface area contributed by atoms with Gasteiger partial charge in [0.05, 0.1) is 0 Å². The second-order valence-electron chi connectivity index (χ2n) is 3.10. The first-order valence-electron chi connectivity index (χ1n) is 4.73. The third-order valence-corrected chi connectivity index (χ3v) is 2.23. The summed E-state index contributed by atoms with van der Waals surface area (Å²) in [5, 5.41) is 0. The molecule has 3 heteroatoms. The Bertz CT molecular complexity index is 213. The lowest BCUT2D eigenvalue weighted by Crippen LogP contribution is -1.88. The van der Waals surface area contributed by atoms with E-state index in [4.69, 9.17) is 11.6 Å². The minimum Gasteiger partial charge on any atom is -0.245 e. The zero-order valence-electron chi connectivity index (χ0n) is 7.75. The SMILES string of the molecule is ClCCCCCCc1cncnc1. The van der Waals surface area contributed by atoms with Gasteiger partial charge in [-0.05, 0) is 24.8 Å². The van der Waals surface area contributed by atoms with Crippen molar-refractivity contribution in [1.82, 2.24) is 9.97 Å². The molecule has 0 aliphatic heterocycles. The van der Waals surface area contributed by atoms with Crippen molar-refractivity contribution in [3.63, 3.8) is 0 Å². The maximum atomic E-state index is 5.58. The molecule has 0 unspecified atom stereocenters. The van der Waals surface area contributed by atoms with Crippen molar-refractivity contribution in [2.24, 2.45) is 0 Å². The summed E-state index contributed by atoms with van der Waals surface area (Å²) < 4.78 is 0. The van der Waals surface area contributed by atoms with Gasteiger partial charge >= 0.3 is 0 Å². The molecular formula is C10H15ClN2. The molecule has 13 heavy (non-hydrogen) atoms. The zero-order valence-corrected chi connectivity index (χ0v) is 8.50. The third kappa shape index (κ3) is 4.83. The van der Waals surface area contributed by atoms with Crippen LogP contribution in [0, 0.1) is 0 Å². The van der Waals surface area contributed by atoms with E-state index >= 15 is 0 Å². The van der Waals surface area contributed by atoms with Gasteiger partial charge in [0.25, 0.3) is 0 Å². The Labute approximate surface area is 84.4 Å². The Morgan fingerprint density at radius 2 is 1.69 bits per heavy atom. The van der Waals surface area contributed by atoms with Crippen LogP contribution in [0.5, 0.6) is 0 Å². The number of unbranched alkanes of at least 4 members (excludes halogenated alkanes) is 3. The molecule has 0 aromatic carbocycles. The average Bonchev–Trinajstić information content (AvgIpc) is 2.19. The van der Waals surface area contributed by atoms with Gasteiger partial charge < -0.3 is 0 Å². The van der Waals surface area contributed by atoms with Crippen LogP contribution in [0.25, 0.3) is 0 Å². The molecule has 1 rings (SSSR count). The molecule has 0 aliphatic rings. The second kappa shape index (κ2) is 6.84. The maximum absolute atomic E-state index is 5.58. The first kappa shape index (κ1) is 10.5. The minimum absolute atomic E-state index is 0.786. The van der Waals surface area contributed by atoms with Crippen molar-refractivity contribution < 1.29 is 0 Å². The molecule has 0 N–H and O–H groups in total. The Kier molecular flexibility index (Phi) is 5.50. The van der Waals surface area contributed by atoms with E-state index in [2.05, 4.69) is 9.97 Å². The number of alkyl halides is 1. The van der Waals surface area contributed by atoms with Crippen LogP contribution in [0.15, 0.2) is 18.7 Å². The zero-order chi connectivity index (χ0) is 9.36. The van der Waals surface area contributed by atoms with E-state index in [0.29, 0.717) is 0 Å². The Morgan fingerprint density at radius 1 is 1.00 bits per heavy atom. The fourth-order valence-electron chi connectivity index (χ4n) is 1.24. The van der Waals surface area contributed by atoms with E-state index in [9.17, 15) is 0 Å². The largest absolute Gasteiger partial charge is 0.245 e. The van der Waals surface area contributed by atoms with E-state index < -0.39 is 0 Å². The molecule has 1 aromatic heterocycles. The predicted molar refractivity (Wildman–Crippen MR) is 54.9 cm³/mol. The standard InChI is InChI=1S/C10H15ClN2/c11-6-4-2-1-3-5-10-7-12-9-13-8-10/h7-9H,1-6H2. The van der Waals surface area contributed by atoms with Crippen LogP contribution >= 0.6 is 11.6 Å². The van der Waals surface area contributed by atoms with Crippen LogP contribution in [0.2, 0.25) is 0 Å². The van der Waals surface area contributed by atoms with Crippen LogP contribution in [-0.4, -0.2) is 15.8 Å². The molecule has 0 bridgehead atoms. The van der Waals surface area contributed by atoms with E-state index in [1.165, 1.54) is 24.8 Å². The quantitative estimate of drug-likeness (QED) is 0.519.